The monoisotopic (exact) mass is 414 g/mol. The first-order valence-corrected chi connectivity index (χ1v) is 10.6. The van der Waals surface area contributed by atoms with Gasteiger partial charge >= 0.3 is 6.03 Å². The Bertz CT molecular complexity index is 939. The van der Waals surface area contributed by atoms with Crippen molar-refractivity contribution in [2.24, 2.45) is 0 Å². The summed E-state index contributed by atoms with van der Waals surface area (Å²) in [7, 11) is 0. The molecule has 1 aromatic carbocycles. The Hall–Kier alpha value is -2.88. The molecule has 9 nitrogen and oxygen atoms in total. The van der Waals surface area contributed by atoms with Gasteiger partial charge in [0.1, 0.15) is 11.4 Å². The number of aryl methyl sites for hydroxylation is 1. The van der Waals surface area contributed by atoms with Crippen molar-refractivity contribution in [2.45, 2.75) is 49.7 Å². The average molecular weight is 414 g/mol. The maximum Gasteiger partial charge on any atom is 0.344 e. The number of hydrogen-bond donors (Lipinski definition) is 2. The van der Waals surface area contributed by atoms with Gasteiger partial charge < -0.3 is 5.32 Å². The number of aromatic nitrogens is 3. The number of rotatable bonds is 5. The van der Waals surface area contributed by atoms with E-state index in [1.54, 1.807) is 0 Å². The minimum atomic E-state index is -0.861. The highest BCUT2D eigenvalue weighted by atomic mass is 32.2. The van der Waals surface area contributed by atoms with Gasteiger partial charge in [-0.2, -0.15) is 5.01 Å². The summed E-state index contributed by atoms with van der Waals surface area (Å²) in [4.78, 5) is 37.4. The summed E-state index contributed by atoms with van der Waals surface area (Å²) in [5, 5.41) is 12.4. The molecule has 2 N–H and O–H groups in total. The van der Waals surface area contributed by atoms with Crippen LogP contribution in [-0.4, -0.2) is 48.9 Å². The molecule has 1 aliphatic carbocycles. The molecule has 1 aromatic heterocycles. The van der Waals surface area contributed by atoms with E-state index in [0.717, 1.165) is 30.0 Å². The maximum absolute atomic E-state index is 12.7. The second-order valence-electron chi connectivity index (χ2n) is 7.24. The fourth-order valence-corrected chi connectivity index (χ4v) is 4.60. The van der Waals surface area contributed by atoms with Crippen LogP contribution in [0.15, 0.2) is 35.5 Å². The summed E-state index contributed by atoms with van der Waals surface area (Å²) in [6, 6.07) is 9.03. The largest absolute Gasteiger partial charge is 0.344 e. The minimum Gasteiger partial charge on any atom is -0.322 e. The number of para-hydroxylation sites is 1. The molecule has 1 saturated carbocycles. The van der Waals surface area contributed by atoms with Crippen LogP contribution < -0.4 is 10.7 Å². The van der Waals surface area contributed by atoms with Crippen molar-refractivity contribution in [1.82, 2.24) is 30.5 Å². The van der Waals surface area contributed by atoms with Gasteiger partial charge in [0.2, 0.25) is 5.91 Å². The number of carbonyl (C=O) groups excluding carboxylic acids is 3. The van der Waals surface area contributed by atoms with Gasteiger partial charge in [-0.1, -0.05) is 49.2 Å². The highest BCUT2D eigenvalue weighted by Gasteiger charge is 2.52. The lowest BCUT2D eigenvalue weighted by molar-refractivity contribution is -0.139. The van der Waals surface area contributed by atoms with Gasteiger partial charge in [-0.25, -0.2) is 4.79 Å². The number of hydrogen-bond acceptors (Lipinski definition) is 6. The number of nitrogens with one attached hydrogen (secondary N) is 2. The number of urea groups is 1. The van der Waals surface area contributed by atoms with Crippen LogP contribution in [0.4, 0.5) is 4.79 Å². The summed E-state index contributed by atoms with van der Waals surface area (Å²) in [5.41, 5.74) is 2.47. The first-order valence-electron chi connectivity index (χ1n) is 9.57. The van der Waals surface area contributed by atoms with E-state index in [4.69, 9.17) is 0 Å². The van der Waals surface area contributed by atoms with Crippen LogP contribution in [0.1, 0.15) is 37.9 Å². The molecule has 2 heterocycles. The van der Waals surface area contributed by atoms with Gasteiger partial charge in [0.15, 0.2) is 5.16 Å². The zero-order chi connectivity index (χ0) is 20.4. The number of imide groups is 1. The highest BCUT2D eigenvalue weighted by molar-refractivity contribution is 7.99. The van der Waals surface area contributed by atoms with Crippen molar-refractivity contribution < 1.29 is 14.4 Å². The fraction of sp³-hybridized carbons (Fsp3) is 0.421. The van der Waals surface area contributed by atoms with E-state index in [9.17, 15) is 14.4 Å². The molecular weight excluding hydrogens is 392 g/mol. The first-order chi connectivity index (χ1) is 14.0. The van der Waals surface area contributed by atoms with Crippen molar-refractivity contribution in [3.8, 4) is 5.69 Å². The van der Waals surface area contributed by atoms with E-state index < -0.39 is 17.5 Å². The fourth-order valence-electron chi connectivity index (χ4n) is 3.81. The van der Waals surface area contributed by atoms with Crippen LogP contribution >= 0.6 is 11.8 Å². The third-order valence-corrected chi connectivity index (χ3v) is 6.18. The Balaban J connectivity index is 1.40. The molecule has 152 valence electrons. The number of thioether (sulfide) groups is 1. The van der Waals surface area contributed by atoms with E-state index in [1.807, 2.05) is 41.8 Å². The van der Waals surface area contributed by atoms with Crippen LogP contribution in [0.3, 0.4) is 0 Å². The van der Waals surface area contributed by atoms with Gasteiger partial charge in [-0.15, -0.1) is 10.2 Å². The van der Waals surface area contributed by atoms with Gasteiger partial charge in [0, 0.05) is 5.69 Å². The zero-order valence-electron chi connectivity index (χ0n) is 16.1. The third kappa shape index (κ3) is 3.71. The molecule has 0 radical (unpaired) electrons. The molecule has 2 aliphatic rings. The van der Waals surface area contributed by atoms with E-state index in [-0.39, 0.29) is 11.7 Å². The van der Waals surface area contributed by atoms with Gasteiger partial charge in [0.05, 0.1) is 5.75 Å². The molecule has 1 aliphatic heterocycles. The minimum absolute atomic E-state index is 0.00493. The lowest BCUT2D eigenvalue weighted by Gasteiger charge is -2.30. The van der Waals surface area contributed by atoms with E-state index in [0.29, 0.717) is 23.8 Å². The average Bonchev–Trinajstić information content (AvgIpc) is 3.20. The topological polar surface area (TPSA) is 109 Å². The van der Waals surface area contributed by atoms with Gasteiger partial charge in [-0.3, -0.25) is 19.6 Å². The summed E-state index contributed by atoms with van der Waals surface area (Å²) in [5.74, 6) is -0.127. The second kappa shape index (κ2) is 7.86. The lowest BCUT2D eigenvalue weighted by atomic mass is 9.82. The molecule has 0 atom stereocenters. The number of benzene rings is 1. The Morgan fingerprint density at radius 3 is 2.62 bits per heavy atom. The summed E-state index contributed by atoms with van der Waals surface area (Å²) < 4.78 is 1.85. The molecule has 29 heavy (non-hydrogen) atoms. The van der Waals surface area contributed by atoms with Crippen molar-refractivity contribution in [3.63, 3.8) is 0 Å². The predicted octanol–water partition coefficient (Wildman–Crippen LogP) is 1.95. The number of nitrogens with zero attached hydrogens (tertiary/aromatic N) is 4. The van der Waals surface area contributed by atoms with E-state index >= 15 is 0 Å². The van der Waals surface area contributed by atoms with Crippen molar-refractivity contribution in [1.29, 1.82) is 0 Å². The molecule has 2 fully saturated rings. The van der Waals surface area contributed by atoms with Gasteiger partial charge in [0.25, 0.3) is 5.91 Å². The molecular formula is C19H22N6O3S. The van der Waals surface area contributed by atoms with Gasteiger partial charge in [-0.05, 0) is 31.9 Å². The third-order valence-electron chi connectivity index (χ3n) is 5.25. The van der Waals surface area contributed by atoms with Crippen molar-refractivity contribution in [3.05, 3.63) is 36.2 Å². The molecule has 0 bridgehead atoms. The maximum atomic E-state index is 12.7. The predicted molar refractivity (Wildman–Crippen MR) is 106 cm³/mol. The second-order valence-corrected chi connectivity index (χ2v) is 8.18. The molecule has 10 heteroatoms. The molecule has 1 spiro atoms. The Morgan fingerprint density at radius 1 is 1.17 bits per heavy atom. The highest BCUT2D eigenvalue weighted by Crippen LogP contribution is 2.33. The quantitative estimate of drug-likeness (QED) is 0.572. The number of carbonyl (C=O) groups is 3. The standard InChI is InChI=1S/C19H22N6O3S/c1-13-21-22-18(24(13)14-8-4-2-5-9-14)29-12-15(26)23-25-16(27)19(20-17(25)28)10-6-3-7-11-19/h2,4-5,8-9H,3,6-7,10-12H2,1H3,(H,20,28)(H,23,26). The van der Waals surface area contributed by atoms with Crippen LogP contribution in [-0.2, 0) is 9.59 Å². The van der Waals surface area contributed by atoms with Crippen LogP contribution in [0.2, 0.25) is 0 Å². The molecule has 2 aromatic rings. The first kappa shape index (κ1) is 19.4. The van der Waals surface area contributed by atoms with E-state index in [1.165, 1.54) is 11.8 Å². The van der Waals surface area contributed by atoms with Crippen LogP contribution in [0.25, 0.3) is 5.69 Å². The molecule has 4 rings (SSSR count). The summed E-state index contributed by atoms with van der Waals surface area (Å²) in [6.07, 6.45) is 4.04. The summed E-state index contributed by atoms with van der Waals surface area (Å²) in [6.45, 7) is 1.83. The number of amides is 4. The van der Waals surface area contributed by atoms with Crippen LogP contribution in [0, 0.1) is 6.92 Å². The zero-order valence-corrected chi connectivity index (χ0v) is 16.9. The van der Waals surface area contributed by atoms with Crippen molar-refractivity contribution >= 4 is 29.6 Å². The molecule has 1 saturated heterocycles. The number of hydrazine groups is 1. The smallest absolute Gasteiger partial charge is 0.322 e. The Labute approximate surface area is 172 Å². The SMILES string of the molecule is Cc1nnc(SCC(=O)NN2C(=O)NC3(CCCCC3)C2=O)n1-c1ccccc1. The van der Waals surface area contributed by atoms with E-state index in [2.05, 4.69) is 20.9 Å². The lowest BCUT2D eigenvalue weighted by Crippen LogP contribution is -2.51. The Morgan fingerprint density at radius 2 is 1.90 bits per heavy atom. The van der Waals surface area contributed by atoms with Crippen molar-refractivity contribution in [2.75, 3.05) is 5.75 Å². The normalized spacial score (nSPS) is 18.2. The molecule has 0 unspecified atom stereocenters. The van der Waals surface area contributed by atoms with Crippen LogP contribution in [0.5, 0.6) is 0 Å². The Kier molecular flexibility index (Phi) is 5.27. The summed E-state index contributed by atoms with van der Waals surface area (Å²) >= 11 is 1.19. The molecule has 4 amide bonds.